The van der Waals surface area contributed by atoms with Crippen molar-refractivity contribution in [3.05, 3.63) is 52.1 Å². The van der Waals surface area contributed by atoms with Crippen molar-refractivity contribution in [3.63, 3.8) is 0 Å². The lowest BCUT2D eigenvalue weighted by atomic mass is 10.4. The minimum atomic E-state index is -0.395. The molecular weight excluding hydrogens is 330 g/mol. The molecule has 0 bridgehead atoms. The Kier molecular flexibility index (Phi) is 4.10. The van der Waals surface area contributed by atoms with Crippen LogP contribution in [0, 0.1) is 0 Å². The Morgan fingerprint density at radius 3 is 2.57 bits per heavy atom. The maximum absolute atomic E-state index is 11.4. The quantitative estimate of drug-likeness (QED) is 0.841. The highest BCUT2D eigenvalue weighted by Crippen LogP contribution is 2.32. The minimum Gasteiger partial charge on any atom is -0.450 e. The van der Waals surface area contributed by atoms with Gasteiger partial charge in [0.15, 0.2) is 5.09 Å². The fraction of sp³-hybridized carbons (Fsp3) is 0. The SMILES string of the molecule is O=C1NC(=O)/C(=C\c2ccc(Sc3ccc(Cl)cc3)o2)S1. The summed E-state index contributed by atoms with van der Waals surface area (Å²) in [7, 11) is 0. The van der Waals surface area contributed by atoms with Crippen LogP contribution in [-0.2, 0) is 4.79 Å². The standard InChI is InChI=1S/C14H8ClNO3S2/c15-8-1-4-10(5-2-8)20-12-6-3-9(19-12)7-11-13(17)16-14(18)21-11/h1-7H,(H,16,17,18)/b11-7+. The molecule has 0 atom stereocenters. The van der Waals surface area contributed by atoms with Crippen molar-refractivity contribution in [3.8, 4) is 0 Å². The number of rotatable bonds is 3. The van der Waals surface area contributed by atoms with Crippen LogP contribution in [0.25, 0.3) is 6.08 Å². The van der Waals surface area contributed by atoms with Gasteiger partial charge >= 0.3 is 0 Å². The van der Waals surface area contributed by atoms with E-state index in [1.807, 2.05) is 18.2 Å². The van der Waals surface area contributed by atoms with Gasteiger partial charge in [-0.05, 0) is 48.2 Å². The molecule has 0 radical (unpaired) electrons. The third-order valence-corrected chi connectivity index (χ3v) is 4.54. The number of nitrogens with one attached hydrogen (secondary N) is 1. The Hall–Kier alpha value is -1.63. The van der Waals surface area contributed by atoms with Crippen molar-refractivity contribution in [2.24, 2.45) is 0 Å². The van der Waals surface area contributed by atoms with Crippen LogP contribution in [0.2, 0.25) is 5.02 Å². The van der Waals surface area contributed by atoms with Crippen molar-refractivity contribution in [1.29, 1.82) is 0 Å². The molecule has 106 valence electrons. The largest absolute Gasteiger partial charge is 0.450 e. The number of imide groups is 1. The van der Waals surface area contributed by atoms with Crippen molar-refractivity contribution in [2.75, 3.05) is 0 Å². The van der Waals surface area contributed by atoms with Crippen LogP contribution in [-0.4, -0.2) is 11.1 Å². The second-order valence-corrected chi connectivity index (χ2v) is 6.59. The van der Waals surface area contributed by atoms with Crippen LogP contribution >= 0.6 is 35.1 Å². The van der Waals surface area contributed by atoms with Crippen LogP contribution in [0.5, 0.6) is 0 Å². The summed E-state index contributed by atoms with van der Waals surface area (Å²) >= 11 is 8.14. The Balaban J connectivity index is 1.74. The second-order valence-electron chi connectivity index (χ2n) is 4.07. The maximum atomic E-state index is 11.4. The molecule has 1 aliphatic heterocycles. The summed E-state index contributed by atoms with van der Waals surface area (Å²) in [6.07, 6.45) is 1.55. The van der Waals surface area contributed by atoms with Crippen molar-refractivity contribution >= 4 is 52.3 Å². The lowest BCUT2D eigenvalue weighted by Crippen LogP contribution is -2.17. The van der Waals surface area contributed by atoms with Crippen LogP contribution in [0.1, 0.15) is 5.76 Å². The van der Waals surface area contributed by atoms with Crippen LogP contribution in [0.3, 0.4) is 0 Å². The van der Waals surface area contributed by atoms with E-state index in [-0.39, 0.29) is 5.24 Å². The monoisotopic (exact) mass is 337 g/mol. The molecule has 7 heteroatoms. The van der Waals surface area contributed by atoms with Crippen molar-refractivity contribution in [2.45, 2.75) is 9.99 Å². The predicted octanol–water partition coefficient (Wildman–Crippen LogP) is 4.41. The molecule has 0 spiro atoms. The molecule has 1 aromatic heterocycles. The zero-order valence-corrected chi connectivity index (χ0v) is 12.8. The molecule has 0 aliphatic carbocycles. The number of amides is 2. The Labute approximate surface area is 133 Å². The van der Waals surface area contributed by atoms with Gasteiger partial charge in [-0.25, -0.2) is 0 Å². The van der Waals surface area contributed by atoms with Gasteiger partial charge < -0.3 is 4.42 Å². The molecule has 1 N–H and O–H groups in total. The van der Waals surface area contributed by atoms with Gasteiger partial charge in [0.2, 0.25) is 0 Å². The summed E-state index contributed by atoms with van der Waals surface area (Å²) in [5, 5.41) is 3.20. The normalized spacial score (nSPS) is 16.5. The summed E-state index contributed by atoms with van der Waals surface area (Å²) in [5.74, 6) is 0.132. The fourth-order valence-corrected chi connectivity index (χ4v) is 3.20. The highest BCUT2D eigenvalue weighted by atomic mass is 35.5. The number of carbonyl (C=O) groups excluding carboxylic acids is 2. The van der Waals surface area contributed by atoms with Gasteiger partial charge in [0.1, 0.15) is 5.76 Å². The Morgan fingerprint density at radius 1 is 1.14 bits per heavy atom. The lowest BCUT2D eigenvalue weighted by Gasteiger charge is -1.97. The minimum absolute atomic E-state index is 0.331. The summed E-state index contributed by atoms with van der Waals surface area (Å²) in [4.78, 5) is 23.8. The first-order valence-electron chi connectivity index (χ1n) is 5.88. The average Bonchev–Trinajstić information content (AvgIpc) is 3.00. The predicted molar refractivity (Wildman–Crippen MR) is 83.4 cm³/mol. The van der Waals surface area contributed by atoms with Gasteiger partial charge in [0, 0.05) is 16.0 Å². The molecule has 2 heterocycles. The van der Waals surface area contributed by atoms with E-state index >= 15 is 0 Å². The molecule has 1 fully saturated rings. The zero-order valence-electron chi connectivity index (χ0n) is 10.5. The van der Waals surface area contributed by atoms with E-state index < -0.39 is 5.91 Å². The van der Waals surface area contributed by atoms with Crippen LogP contribution in [0.15, 0.2) is 55.7 Å². The van der Waals surface area contributed by atoms with Crippen molar-refractivity contribution < 1.29 is 14.0 Å². The molecule has 1 saturated heterocycles. The van der Waals surface area contributed by atoms with E-state index in [2.05, 4.69) is 5.32 Å². The molecule has 0 unspecified atom stereocenters. The second kappa shape index (κ2) is 6.01. The number of benzene rings is 1. The zero-order chi connectivity index (χ0) is 14.8. The molecule has 3 rings (SSSR count). The molecular formula is C14H8ClNO3S2. The highest BCUT2D eigenvalue weighted by Gasteiger charge is 2.25. The summed E-state index contributed by atoms with van der Waals surface area (Å²) in [6.45, 7) is 0. The van der Waals surface area contributed by atoms with Gasteiger partial charge in [-0.1, -0.05) is 23.4 Å². The third-order valence-electron chi connectivity index (χ3n) is 2.55. The number of hydrogen-bond acceptors (Lipinski definition) is 5. The Bertz CT molecular complexity index is 737. The number of furan rings is 1. The molecule has 0 saturated carbocycles. The molecule has 1 aromatic carbocycles. The maximum Gasteiger partial charge on any atom is 0.290 e. The van der Waals surface area contributed by atoms with Crippen LogP contribution in [0.4, 0.5) is 4.79 Å². The number of thioether (sulfide) groups is 1. The number of halogens is 1. The van der Waals surface area contributed by atoms with Gasteiger partial charge in [-0.15, -0.1) is 0 Å². The molecule has 4 nitrogen and oxygen atoms in total. The highest BCUT2D eigenvalue weighted by molar-refractivity contribution is 8.18. The summed E-state index contributed by atoms with van der Waals surface area (Å²) in [6, 6.07) is 11.0. The van der Waals surface area contributed by atoms with Gasteiger partial charge in [-0.3, -0.25) is 14.9 Å². The van der Waals surface area contributed by atoms with Gasteiger partial charge in [0.05, 0.1) is 4.91 Å². The Morgan fingerprint density at radius 2 is 1.90 bits per heavy atom. The third kappa shape index (κ3) is 3.53. The molecule has 2 amide bonds. The first-order valence-corrected chi connectivity index (χ1v) is 7.89. The van der Waals surface area contributed by atoms with E-state index in [4.69, 9.17) is 16.0 Å². The number of carbonyl (C=O) groups is 2. The van der Waals surface area contributed by atoms with E-state index in [1.54, 1.807) is 24.3 Å². The van der Waals surface area contributed by atoms with Crippen molar-refractivity contribution in [1.82, 2.24) is 5.32 Å². The summed E-state index contributed by atoms with van der Waals surface area (Å²) in [5.41, 5.74) is 0. The number of hydrogen-bond donors (Lipinski definition) is 1. The average molecular weight is 338 g/mol. The van der Waals surface area contributed by atoms with E-state index in [0.29, 0.717) is 20.8 Å². The molecule has 2 aromatic rings. The van der Waals surface area contributed by atoms with E-state index in [9.17, 15) is 9.59 Å². The fourth-order valence-electron chi connectivity index (χ4n) is 1.64. The van der Waals surface area contributed by atoms with E-state index in [0.717, 1.165) is 16.7 Å². The first-order chi connectivity index (χ1) is 10.1. The first kappa shape index (κ1) is 14.3. The van der Waals surface area contributed by atoms with E-state index in [1.165, 1.54) is 11.8 Å². The smallest absolute Gasteiger partial charge is 0.290 e. The van der Waals surface area contributed by atoms with Gasteiger partial charge in [0.25, 0.3) is 11.1 Å². The van der Waals surface area contributed by atoms with Crippen LogP contribution < -0.4 is 5.32 Å². The topological polar surface area (TPSA) is 59.3 Å². The van der Waals surface area contributed by atoms with Gasteiger partial charge in [-0.2, -0.15) is 0 Å². The molecule has 1 aliphatic rings. The molecule has 21 heavy (non-hydrogen) atoms. The summed E-state index contributed by atoms with van der Waals surface area (Å²) < 4.78 is 5.61. The lowest BCUT2D eigenvalue weighted by molar-refractivity contribution is -0.115.